The third kappa shape index (κ3) is 2.59. The lowest BCUT2D eigenvalue weighted by Crippen LogP contribution is -2.48. The number of halogens is 3. The van der Waals surface area contributed by atoms with Gasteiger partial charge in [-0.15, -0.1) is 13.2 Å². The molecule has 0 radical (unpaired) electrons. The Bertz CT molecular complexity index is 285. The lowest BCUT2D eigenvalue weighted by atomic mass is 10.5. The van der Waals surface area contributed by atoms with Crippen molar-refractivity contribution >= 4 is 11.9 Å². The Kier molecular flexibility index (Phi) is 2.65. The van der Waals surface area contributed by atoms with Gasteiger partial charge in [-0.25, -0.2) is 15.8 Å². The highest BCUT2D eigenvalue weighted by atomic mass is 19.4. The third-order valence-electron chi connectivity index (χ3n) is 1.46. The van der Waals surface area contributed by atoms with Crippen molar-refractivity contribution in [1.29, 1.82) is 0 Å². The zero-order valence-electron chi connectivity index (χ0n) is 7.54. The first kappa shape index (κ1) is 10.8. The highest BCUT2D eigenvalue weighted by Crippen LogP contribution is 2.19. The molecule has 0 aromatic carbocycles. The molecule has 1 aliphatic rings. The second-order valence-corrected chi connectivity index (χ2v) is 2.66. The number of ether oxygens (including phenoxy) is 1. The van der Waals surface area contributed by atoms with Crippen molar-refractivity contribution in [2.24, 2.45) is 15.8 Å². The van der Waals surface area contributed by atoms with E-state index in [4.69, 9.17) is 5.84 Å². The van der Waals surface area contributed by atoms with Gasteiger partial charge >= 0.3 is 12.4 Å². The predicted octanol–water partition coefficient (Wildman–Crippen LogP) is 0.832. The molecular weight excluding hydrogens is 201 g/mol. The molecule has 0 saturated heterocycles. The van der Waals surface area contributed by atoms with E-state index in [2.05, 4.69) is 14.7 Å². The fraction of sp³-hybridized carbons (Fsp3) is 0.667. The van der Waals surface area contributed by atoms with Gasteiger partial charge in [-0.2, -0.15) is 4.99 Å². The molecule has 2 N–H and O–H groups in total. The molecule has 0 aliphatic carbocycles. The molecule has 1 rings (SSSR count). The maximum Gasteiger partial charge on any atom is 0.575 e. The largest absolute Gasteiger partial charge is 0.575 e. The van der Waals surface area contributed by atoms with Gasteiger partial charge in [0.2, 0.25) is 0 Å². The summed E-state index contributed by atoms with van der Waals surface area (Å²) in [7, 11) is 0. The Morgan fingerprint density at radius 2 is 2.07 bits per heavy atom. The van der Waals surface area contributed by atoms with Gasteiger partial charge in [0.15, 0.2) is 0 Å². The van der Waals surface area contributed by atoms with Gasteiger partial charge < -0.3 is 4.74 Å². The van der Waals surface area contributed by atoms with E-state index >= 15 is 0 Å². The molecule has 1 aliphatic heterocycles. The van der Waals surface area contributed by atoms with Gasteiger partial charge in [0.1, 0.15) is 12.0 Å². The SMILES string of the molecule is CC1=NC(C)N(N)C(OC(F)(F)F)=N1. The van der Waals surface area contributed by atoms with E-state index < -0.39 is 18.5 Å². The third-order valence-corrected chi connectivity index (χ3v) is 1.46. The van der Waals surface area contributed by atoms with E-state index in [1.807, 2.05) is 0 Å². The standard InChI is InChI=1S/C6H9F3N4O/c1-3-11-4(2)13(10)5(12-3)14-6(7,8)9/h4H,10H2,1-2H3. The second-order valence-electron chi connectivity index (χ2n) is 2.66. The van der Waals surface area contributed by atoms with Crippen LogP contribution in [-0.2, 0) is 4.74 Å². The number of nitrogens with two attached hydrogens (primary N) is 1. The fourth-order valence-electron chi connectivity index (χ4n) is 0.896. The maximum atomic E-state index is 11.8. The number of hydrogen-bond acceptors (Lipinski definition) is 5. The minimum absolute atomic E-state index is 0.193. The van der Waals surface area contributed by atoms with E-state index in [1.54, 1.807) is 0 Å². The lowest BCUT2D eigenvalue weighted by Gasteiger charge is -2.27. The fourth-order valence-corrected chi connectivity index (χ4v) is 0.896. The average Bonchev–Trinajstić information content (AvgIpc) is 1.96. The van der Waals surface area contributed by atoms with Crippen molar-refractivity contribution in [2.45, 2.75) is 26.4 Å². The van der Waals surface area contributed by atoms with Crippen LogP contribution in [0.25, 0.3) is 0 Å². The number of amidine groups is 2. The van der Waals surface area contributed by atoms with E-state index in [9.17, 15) is 13.2 Å². The van der Waals surface area contributed by atoms with Crippen LogP contribution in [0.5, 0.6) is 0 Å². The molecule has 0 fully saturated rings. The highest BCUT2D eigenvalue weighted by Gasteiger charge is 2.36. The first-order chi connectivity index (χ1) is 6.29. The smallest absolute Gasteiger partial charge is 0.371 e. The van der Waals surface area contributed by atoms with E-state index in [0.29, 0.717) is 5.01 Å². The number of hydrazine groups is 1. The van der Waals surface area contributed by atoms with Crippen molar-refractivity contribution in [1.82, 2.24) is 5.01 Å². The topological polar surface area (TPSA) is 63.2 Å². The molecule has 0 amide bonds. The van der Waals surface area contributed by atoms with Crippen LogP contribution < -0.4 is 5.84 Å². The van der Waals surface area contributed by atoms with Crippen LogP contribution in [0, 0.1) is 0 Å². The van der Waals surface area contributed by atoms with Crippen LogP contribution in [0.2, 0.25) is 0 Å². The lowest BCUT2D eigenvalue weighted by molar-refractivity contribution is -0.288. The molecule has 0 spiro atoms. The van der Waals surface area contributed by atoms with Crippen molar-refractivity contribution in [2.75, 3.05) is 0 Å². The van der Waals surface area contributed by atoms with Gasteiger partial charge in [0.25, 0.3) is 0 Å². The van der Waals surface area contributed by atoms with Crippen LogP contribution in [0.15, 0.2) is 9.98 Å². The number of rotatable bonds is 0. The molecule has 0 bridgehead atoms. The average molecular weight is 210 g/mol. The summed E-state index contributed by atoms with van der Waals surface area (Å²) in [5.41, 5.74) is 0. The quantitative estimate of drug-likeness (QED) is 0.602. The Balaban J connectivity index is 2.82. The van der Waals surface area contributed by atoms with E-state index in [0.717, 1.165) is 0 Å². The van der Waals surface area contributed by atoms with Gasteiger partial charge in [-0.1, -0.05) is 0 Å². The van der Waals surface area contributed by atoms with Gasteiger partial charge in [-0.05, 0) is 13.8 Å². The summed E-state index contributed by atoms with van der Waals surface area (Å²) in [5, 5.41) is 0.709. The van der Waals surface area contributed by atoms with Crippen LogP contribution in [0.4, 0.5) is 13.2 Å². The Labute approximate surface area is 78.0 Å². The molecule has 1 heterocycles. The monoisotopic (exact) mass is 210 g/mol. The Morgan fingerprint density at radius 3 is 2.57 bits per heavy atom. The van der Waals surface area contributed by atoms with Crippen molar-refractivity contribution in [3.05, 3.63) is 0 Å². The summed E-state index contributed by atoms with van der Waals surface area (Å²) in [6.45, 7) is 2.99. The van der Waals surface area contributed by atoms with Crippen molar-refractivity contribution in [3.63, 3.8) is 0 Å². The van der Waals surface area contributed by atoms with E-state index in [1.165, 1.54) is 13.8 Å². The number of hydrogen-bond donors (Lipinski definition) is 1. The highest BCUT2D eigenvalue weighted by molar-refractivity contribution is 5.94. The molecule has 8 heteroatoms. The minimum atomic E-state index is -4.80. The molecular formula is C6H9F3N4O. The van der Waals surface area contributed by atoms with E-state index in [-0.39, 0.29) is 5.84 Å². The Morgan fingerprint density at radius 1 is 1.50 bits per heavy atom. The summed E-state index contributed by atoms with van der Waals surface area (Å²) in [5.74, 6) is 5.46. The normalized spacial score (nSPS) is 23.0. The van der Waals surface area contributed by atoms with Crippen LogP contribution in [0.3, 0.4) is 0 Å². The molecule has 14 heavy (non-hydrogen) atoms. The number of nitrogens with zero attached hydrogens (tertiary/aromatic N) is 3. The summed E-state index contributed by atoms with van der Waals surface area (Å²) in [6, 6.07) is -0.697. The van der Waals surface area contributed by atoms with Crippen molar-refractivity contribution in [3.8, 4) is 0 Å². The van der Waals surface area contributed by atoms with Crippen LogP contribution >= 0.6 is 0 Å². The minimum Gasteiger partial charge on any atom is -0.371 e. The molecule has 0 saturated carbocycles. The molecule has 5 nitrogen and oxygen atoms in total. The molecule has 80 valence electrons. The van der Waals surface area contributed by atoms with Gasteiger partial charge in [-0.3, -0.25) is 0 Å². The Hall–Kier alpha value is -1.31. The predicted molar refractivity (Wildman–Crippen MR) is 43.2 cm³/mol. The van der Waals surface area contributed by atoms with Crippen LogP contribution in [0.1, 0.15) is 13.8 Å². The van der Waals surface area contributed by atoms with Gasteiger partial charge in [0.05, 0.1) is 0 Å². The van der Waals surface area contributed by atoms with Gasteiger partial charge in [0, 0.05) is 0 Å². The zero-order chi connectivity index (χ0) is 10.9. The molecule has 1 atom stereocenters. The second kappa shape index (κ2) is 3.45. The molecule has 0 aromatic rings. The van der Waals surface area contributed by atoms with Crippen molar-refractivity contribution < 1.29 is 17.9 Å². The zero-order valence-corrected chi connectivity index (χ0v) is 7.54. The summed E-state index contributed by atoms with van der Waals surface area (Å²) in [6.07, 6.45) is -5.42. The molecule has 1 unspecified atom stereocenters. The maximum absolute atomic E-state index is 11.8. The summed E-state index contributed by atoms with van der Waals surface area (Å²) in [4.78, 5) is 7.25. The first-order valence-electron chi connectivity index (χ1n) is 3.72. The van der Waals surface area contributed by atoms with Crippen LogP contribution in [-0.4, -0.2) is 29.4 Å². The molecule has 0 aromatic heterocycles. The summed E-state index contributed by atoms with van der Waals surface area (Å²) >= 11 is 0. The number of alkyl halides is 3. The number of aliphatic imine (C=N–C) groups is 2. The summed E-state index contributed by atoms with van der Waals surface area (Å²) < 4.78 is 39.1. The first-order valence-corrected chi connectivity index (χ1v) is 3.72.